The van der Waals surface area contributed by atoms with Gasteiger partial charge in [0.1, 0.15) is 0 Å². The molecule has 0 aliphatic carbocycles. The average molecular weight is 444 g/mol. The molecule has 0 rings (SSSR count). The molecule has 0 fully saturated rings. The summed E-state index contributed by atoms with van der Waals surface area (Å²) < 4.78 is 8.15. The van der Waals surface area contributed by atoms with Crippen molar-refractivity contribution >= 4 is 22.5 Å². The van der Waals surface area contributed by atoms with E-state index < -0.39 is 16.6 Å². The Labute approximate surface area is 185 Å². The zero-order valence-corrected chi connectivity index (χ0v) is 23.1. The molecule has 29 heavy (non-hydrogen) atoms. The second kappa shape index (κ2) is 16.5. The Balaban J connectivity index is 3.78. The molecule has 0 N–H and O–H groups in total. The Morgan fingerprint density at radius 1 is 0.690 bits per heavy atom. The zero-order valence-electron chi connectivity index (χ0n) is 21.1. The molecule has 0 aliphatic heterocycles. The Bertz CT molecular complexity index is 403. The van der Waals surface area contributed by atoms with Gasteiger partial charge in [0.05, 0.1) is 6.61 Å². The first-order valence-electron chi connectivity index (χ1n) is 12.5. The maximum absolute atomic E-state index is 12.8. The molecule has 0 aromatic rings. The van der Waals surface area contributed by atoms with Gasteiger partial charge in [-0.25, -0.2) is 0 Å². The fourth-order valence-corrected chi connectivity index (χ4v) is 6.03. The average Bonchev–Trinajstić information content (AvgIpc) is 2.60. The van der Waals surface area contributed by atoms with Gasteiger partial charge in [-0.3, -0.25) is 4.79 Å². The number of hydrogen-bond acceptors (Lipinski definition) is 2. The highest BCUT2D eigenvalue weighted by molar-refractivity contribution is 6.75. The molecule has 0 aliphatic rings. The van der Waals surface area contributed by atoms with E-state index in [2.05, 4.69) is 50.8 Å². The summed E-state index contributed by atoms with van der Waals surface area (Å²) in [5, 5.41) is 0. The second-order valence-corrected chi connectivity index (χ2v) is 20.1. The van der Waals surface area contributed by atoms with Crippen LogP contribution in [-0.4, -0.2) is 40.2 Å². The van der Waals surface area contributed by atoms with Gasteiger partial charge in [-0.1, -0.05) is 104 Å². The molecule has 0 unspecified atom stereocenters. The normalized spacial score (nSPS) is 12.4. The van der Waals surface area contributed by atoms with Crippen LogP contribution in [0, 0.1) is 0 Å². The highest BCUT2D eigenvalue weighted by atomic mass is 28.4. The quantitative estimate of drug-likeness (QED) is 0.149. The summed E-state index contributed by atoms with van der Waals surface area (Å²) in [5.74, 6) is 0.353. The lowest BCUT2D eigenvalue weighted by Gasteiger charge is -2.35. The summed E-state index contributed by atoms with van der Waals surface area (Å²) in [4.78, 5) is 12.8. The van der Waals surface area contributed by atoms with Crippen LogP contribution in [-0.2, 0) is 9.22 Å². The second-order valence-electron chi connectivity index (χ2n) is 10.7. The van der Waals surface area contributed by atoms with Crippen molar-refractivity contribution < 1.29 is 9.22 Å². The van der Waals surface area contributed by atoms with Gasteiger partial charge in [0.2, 0.25) is 5.91 Å². The van der Waals surface area contributed by atoms with E-state index in [9.17, 15) is 4.79 Å². The fraction of sp³-hybridized carbons (Fsp3) is 0.958. The van der Waals surface area contributed by atoms with E-state index in [1.54, 1.807) is 0 Å². The lowest BCUT2D eigenvalue weighted by atomic mass is 10.0. The van der Waals surface area contributed by atoms with Gasteiger partial charge in [-0.15, -0.1) is 0 Å². The van der Waals surface area contributed by atoms with E-state index in [-0.39, 0.29) is 0 Å². The van der Waals surface area contributed by atoms with E-state index >= 15 is 0 Å². The minimum Gasteiger partial charge on any atom is -0.416 e. The Hall–Kier alpha value is -0.136. The highest BCUT2D eigenvalue weighted by Gasteiger charge is 2.28. The molecule has 0 spiro atoms. The van der Waals surface area contributed by atoms with Crippen LogP contribution in [0.4, 0.5) is 0 Å². The van der Waals surface area contributed by atoms with Gasteiger partial charge in [0.15, 0.2) is 16.6 Å². The summed E-state index contributed by atoms with van der Waals surface area (Å²) >= 11 is 0. The predicted octanol–water partition coefficient (Wildman–Crippen LogP) is 7.98. The number of nitrogens with zero attached hydrogens (tertiary/aromatic N) is 1. The summed E-state index contributed by atoms with van der Waals surface area (Å²) in [6.07, 6.45) is 18.2. The van der Waals surface area contributed by atoms with Crippen LogP contribution in [0.2, 0.25) is 39.3 Å². The number of hydrogen-bond donors (Lipinski definition) is 0. The van der Waals surface area contributed by atoms with E-state index in [1.165, 1.54) is 77.0 Å². The number of unbranched alkanes of at least 4 members (excludes halogenated alkanes) is 12. The minimum absolute atomic E-state index is 0.353. The molecular formula is C24H53NO2Si2. The van der Waals surface area contributed by atoms with Gasteiger partial charge < -0.3 is 8.99 Å². The summed E-state index contributed by atoms with van der Waals surface area (Å²) in [5.41, 5.74) is 0. The molecule has 3 nitrogen and oxygen atoms in total. The van der Waals surface area contributed by atoms with E-state index in [1.807, 2.05) is 0 Å². The largest absolute Gasteiger partial charge is 0.416 e. The van der Waals surface area contributed by atoms with E-state index in [0.717, 1.165) is 19.4 Å². The van der Waals surface area contributed by atoms with Crippen LogP contribution >= 0.6 is 0 Å². The van der Waals surface area contributed by atoms with Crippen molar-refractivity contribution in [2.75, 3.05) is 13.2 Å². The molecule has 0 saturated carbocycles. The van der Waals surface area contributed by atoms with Crippen molar-refractivity contribution in [3.05, 3.63) is 0 Å². The molecule has 0 aromatic carbocycles. The van der Waals surface area contributed by atoms with Gasteiger partial charge in [-0.05, 0) is 26.1 Å². The van der Waals surface area contributed by atoms with Crippen LogP contribution in [0.1, 0.15) is 96.8 Å². The molecule has 0 radical (unpaired) electrons. The molecule has 0 aromatic heterocycles. The van der Waals surface area contributed by atoms with Crippen molar-refractivity contribution in [2.24, 2.45) is 0 Å². The van der Waals surface area contributed by atoms with Crippen LogP contribution in [0.5, 0.6) is 0 Å². The summed E-state index contributed by atoms with van der Waals surface area (Å²) in [7, 11) is -3.13. The molecule has 0 bridgehead atoms. The van der Waals surface area contributed by atoms with Crippen LogP contribution in [0.15, 0.2) is 0 Å². The molecular weight excluding hydrogens is 390 g/mol. The standard InChI is InChI=1S/C24H53NO2Si2/c1-8-9-10-11-12-13-14-15-16-17-18-19-20-21-24(26)25(28(2,3)4)22-23-27-29(5,6)7/h8-23H2,1-7H3. The van der Waals surface area contributed by atoms with Crippen molar-refractivity contribution in [3.63, 3.8) is 0 Å². The highest BCUT2D eigenvalue weighted by Crippen LogP contribution is 2.16. The number of rotatable bonds is 19. The first-order valence-corrected chi connectivity index (χ1v) is 19.4. The fourth-order valence-electron chi connectivity index (χ4n) is 3.71. The van der Waals surface area contributed by atoms with Crippen molar-refractivity contribution in [1.29, 1.82) is 0 Å². The molecule has 174 valence electrons. The lowest BCUT2D eigenvalue weighted by Crippen LogP contribution is -2.51. The summed E-state index contributed by atoms with van der Waals surface area (Å²) in [6, 6.07) is 0. The smallest absolute Gasteiger partial charge is 0.214 e. The molecule has 0 heterocycles. The van der Waals surface area contributed by atoms with E-state index in [4.69, 9.17) is 4.43 Å². The minimum atomic E-state index is -1.63. The maximum atomic E-state index is 12.8. The van der Waals surface area contributed by atoms with Gasteiger partial charge in [0, 0.05) is 13.0 Å². The third kappa shape index (κ3) is 18.4. The number of amides is 1. The third-order valence-electron chi connectivity index (χ3n) is 5.45. The van der Waals surface area contributed by atoms with E-state index in [0.29, 0.717) is 12.5 Å². The number of carbonyl (C=O) groups is 1. The molecule has 0 atom stereocenters. The Kier molecular flexibility index (Phi) is 16.5. The van der Waals surface area contributed by atoms with Crippen LogP contribution in [0.25, 0.3) is 0 Å². The first-order chi connectivity index (χ1) is 13.6. The van der Waals surface area contributed by atoms with Crippen LogP contribution in [0.3, 0.4) is 0 Å². The van der Waals surface area contributed by atoms with Crippen molar-refractivity contribution in [2.45, 2.75) is 136 Å². The Morgan fingerprint density at radius 3 is 1.48 bits per heavy atom. The lowest BCUT2D eigenvalue weighted by molar-refractivity contribution is -0.127. The molecule has 1 amide bonds. The Morgan fingerprint density at radius 2 is 1.10 bits per heavy atom. The van der Waals surface area contributed by atoms with Crippen molar-refractivity contribution in [1.82, 2.24) is 4.57 Å². The maximum Gasteiger partial charge on any atom is 0.214 e. The van der Waals surface area contributed by atoms with Crippen LogP contribution < -0.4 is 0 Å². The number of carbonyl (C=O) groups excluding carboxylic acids is 1. The first kappa shape index (κ1) is 28.9. The van der Waals surface area contributed by atoms with Gasteiger partial charge in [-0.2, -0.15) is 0 Å². The SMILES string of the molecule is CCCCCCCCCCCCCCCC(=O)N(CCO[Si](C)(C)C)[Si](C)(C)C. The third-order valence-corrected chi connectivity index (χ3v) is 8.62. The monoisotopic (exact) mass is 443 g/mol. The van der Waals surface area contributed by atoms with Gasteiger partial charge >= 0.3 is 0 Å². The topological polar surface area (TPSA) is 29.5 Å². The van der Waals surface area contributed by atoms with Gasteiger partial charge in [0.25, 0.3) is 0 Å². The molecule has 0 saturated heterocycles. The summed E-state index contributed by atoms with van der Waals surface area (Å²) in [6.45, 7) is 17.2. The van der Waals surface area contributed by atoms with Crippen molar-refractivity contribution in [3.8, 4) is 0 Å². The predicted molar refractivity (Wildman–Crippen MR) is 135 cm³/mol. The molecule has 5 heteroatoms. The zero-order chi connectivity index (χ0) is 22.2.